The fourth-order valence-electron chi connectivity index (χ4n) is 0.798. The van der Waals surface area contributed by atoms with Crippen LogP contribution in [0.3, 0.4) is 0 Å². The first-order valence-electron chi connectivity index (χ1n) is 3.38. The molecule has 0 amide bonds. The molecule has 0 aliphatic heterocycles. The van der Waals surface area contributed by atoms with Gasteiger partial charge in [0.2, 0.25) is 0 Å². The van der Waals surface area contributed by atoms with Gasteiger partial charge in [-0.1, -0.05) is 0 Å². The molecule has 0 spiro atoms. The molecule has 72 valence electrons. The first kappa shape index (κ1) is 10.1. The Morgan fingerprint density at radius 1 is 1.31 bits per heavy atom. The third kappa shape index (κ3) is 2.26. The Balaban J connectivity index is 3.14. The van der Waals surface area contributed by atoms with Gasteiger partial charge in [-0.05, 0) is 0 Å². The molecule has 0 unspecified atom stereocenters. The molecule has 13 heavy (non-hydrogen) atoms. The second-order valence-electron chi connectivity index (χ2n) is 2.24. The first-order chi connectivity index (χ1) is 6.19. The zero-order chi connectivity index (χ0) is 9.84. The topological polar surface area (TPSA) is 69.0 Å². The van der Waals surface area contributed by atoms with E-state index in [1.54, 1.807) is 0 Å². The van der Waals surface area contributed by atoms with E-state index in [0.717, 1.165) is 0 Å². The number of aromatic amines is 2. The van der Waals surface area contributed by atoms with Crippen LogP contribution in [0.5, 0.6) is 0 Å². The van der Waals surface area contributed by atoms with Gasteiger partial charge < -0.3 is 9.88 Å². The summed E-state index contributed by atoms with van der Waals surface area (Å²) in [6.07, 6.45) is 1.27. The summed E-state index contributed by atoms with van der Waals surface area (Å²) in [6.45, 7) is 0. The van der Waals surface area contributed by atoms with Gasteiger partial charge in [0.05, 0.1) is 12.0 Å². The minimum absolute atomic E-state index is 0.0820. The van der Waals surface area contributed by atoms with E-state index < -0.39 is 11.2 Å². The zero-order valence-corrected chi connectivity index (χ0v) is 8.02. The number of hydrogen-bond donors (Lipinski definition) is 2. The molecule has 0 bridgehead atoms. The summed E-state index contributed by atoms with van der Waals surface area (Å²) in [7, 11) is 0. The molecule has 0 saturated heterocycles. The Morgan fingerprint density at radius 3 is 2.38 bits per heavy atom. The number of hydrogen-bond acceptors (Lipinski definition) is 3. The predicted octanol–water partition coefficient (Wildman–Crippen LogP) is 0.262. The summed E-state index contributed by atoms with van der Waals surface area (Å²) in [4.78, 5) is 27.6. The molecular formula is C6H7Cl2N3O2. The highest BCUT2D eigenvalue weighted by molar-refractivity contribution is 6.22. The van der Waals surface area contributed by atoms with Gasteiger partial charge in [0.15, 0.2) is 0 Å². The normalized spacial score (nSPS) is 10.0. The van der Waals surface area contributed by atoms with E-state index in [9.17, 15) is 9.59 Å². The minimum Gasteiger partial charge on any atom is -0.338 e. The van der Waals surface area contributed by atoms with E-state index in [1.807, 2.05) is 0 Å². The number of aromatic nitrogens is 2. The lowest BCUT2D eigenvalue weighted by molar-refractivity contribution is 0.963. The third-order valence-electron chi connectivity index (χ3n) is 1.43. The maximum atomic E-state index is 11.2. The van der Waals surface area contributed by atoms with Gasteiger partial charge in [-0.15, -0.1) is 23.2 Å². The summed E-state index contributed by atoms with van der Waals surface area (Å²) in [6, 6.07) is 0.164. The largest absolute Gasteiger partial charge is 0.338 e. The molecule has 0 aliphatic carbocycles. The van der Waals surface area contributed by atoms with Crippen molar-refractivity contribution in [1.29, 1.82) is 0 Å². The summed E-state index contributed by atoms with van der Waals surface area (Å²) in [5.41, 5.74) is -0.826. The van der Waals surface area contributed by atoms with Crippen molar-refractivity contribution >= 4 is 28.9 Å². The van der Waals surface area contributed by atoms with Crippen molar-refractivity contribution < 1.29 is 0 Å². The van der Waals surface area contributed by atoms with Crippen LogP contribution in [0.2, 0.25) is 0 Å². The summed E-state index contributed by atoms with van der Waals surface area (Å²) in [5.74, 6) is 0. The molecule has 0 radical (unpaired) electrons. The van der Waals surface area contributed by atoms with E-state index >= 15 is 0 Å². The van der Waals surface area contributed by atoms with E-state index in [0.29, 0.717) is 0 Å². The second-order valence-corrected chi connectivity index (χ2v) is 2.71. The molecule has 1 aromatic rings. The average molecular weight is 224 g/mol. The molecule has 0 aliphatic rings. The monoisotopic (exact) mass is 223 g/mol. The van der Waals surface area contributed by atoms with E-state index in [4.69, 9.17) is 23.2 Å². The molecule has 0 saturated carbocycles. The lowest BCUT2D eigenvalue weighted by Gasteiger charge is -2.15. The van der Waals surface area contributed by atoms with Crippen molar-refractivity contribution in [3.63, 3.8) is 0 Å². The van der Waals surface area contributed by atoms with Gasteiger partial charge in [-0.25, -0.2) is 4.79 Å². The Morgan fingerprint density at radius 2 is 1.92 bits per heavy atom. The highest BCUT2D eigenvalue weighted by Crippen LogP contribution is 2.05. The fourth-order valence-corrected chi connectivity index (χ4v) is 1.31. The van der Waals surface area contributed by atoms with Crippen LogP contribution in [0, 0.1) is 0 Å². The van der Waals surface area contributed by atoms with Gasteiger partial charge in [0.1, 0.15) is 5.69 Å². The SMILES string of the molecule is O=c1[nH]cc(N(CCl)CCl)c(=O)[nH]1. The van der Waals surface area contributed by atoms with Crippen molar-refractivity contribution in [2.24, 2.45) is 0 Å². The quantitative estimate of drug-likeness (QED) is 0.571. The van der Waals surface area contributed by atoms with Gasteiger partial charge in [0, 0.05) is 6.20 Å². The van der Waals surface area contributed by atoms with Crippen LogP contribution in [0.15, 0.2) is 15.8 Å². The smallest absolute Gasteiger partial charge is 0.325 e. The van der Waals surface area contributed by atoms with Gasteiger partial charge >= 0.3 is 5.69 Å². The van der Waals surface area contributed by atoms with Gasteiger partial charge in [-0.2, -0.15) is 0 Å². The van der Waals surface area contributed by atoms with Crippen molar-refractivity contribution in [1.82, 2.24) is 9.97 Å². The minimum atomic E-state index is -0.558. The van der Waals surface area contributed by atoms with Gasteiger partial charge in [0.25, 0.3) is 5.56 Å². The molecule has 2 N–H and O–H groups in total. The number of alkyl halides is 2. The number of halogens is 2. The van der Waals surface area contributed by atoms with Crippen LogP contribution in [-0.2, 0) is 0 Å². The molecule has 0 atom stereocenters. The standard InChI is InChI=1S/C6H7Cl2N3O2/c7-2-11(3-8)4-1-9-6(13)10-5(4)12/h1H,2-3H2,(H2,9,10,12,13). The van der Waals surface area contributed by atoms with Crippen LogP contribution in [0.25, 0.3) is 0 Å². The highest BCUT2D eigenvalue weighted by atomic mass is 35.5. The fraction of sp³-hybridized carbons (Fsp3) is 0.333. The lowest BCUT2D eigenvalue weighted by Crippen LogP contribution is -2.31. The summed E-state index contributed by atoms with van der Waals surface area (Å²) < 4.78 is 0. The molecule has 5 nitrogen and oxygen atoms in total. The van der Waals surface area contributed by atoms with Crippen LogP contribution in [0.1, 0.15) is 0 Å². The molecule has 0 aromatic carbocycles. The third-order valence-corrected chi connectivity index (χ3v) is 2.01. The molecular weight excluding hydrogens is 217 g/mol. The summed E-state index contributed by atoms with van der Waals surface area (Å²) in [5, 5.41) is 0. The van der Waals surface area contributed by atoms with Crippen LogP contribution in [0.4, 0.5) is 5.69 Å². The van der Waals surface area contributed by atoms with Gasteiger partial charge in [-0.3, -0.25) is 9.78 Å². The van der Waals surface area contributed by atoms with E-state index in [-0.39, 0.29) is 17.7 Å². The Labute approximate surface area is 83.3 Å². The number of nitrogens with one attached hydrogen (secondary N) is 2. The number of H-pyrrole nitrogens is 2. The van der Waals surface area contributed by atoms with Crippen molar-refractivity contribution in [2.45, 2.75) is 0 Å². The van der Waals surface area contributed by atoms with Crippen LogP contribution >= 0.6 is 23.2 Å². The van der Waals surface area contributed by atoms with Crippen LogP contribution < -0.4 is 16.1 Å². The molecule has 0 fully saturated rings. The zero-order valence-electron chi connectivity index (χ0n) is 6.51. The molecule has 1 rings (SSSR count). The Kier molecular flexibility index (Phi) is 3.39. The number of anilines is 1. The molecule has 7 heteroatoms. The van der Waals surface area contributed by atoms with Crippen molar-refractivity contribution in [3.05, 3.63) is 27.0 Å². The van der Waals surface area contributed by atoms with Crippen molar-refractivity contribution in [2.75, 3.05) is 16.9 Å². The predicted molar refractivity (Wildman–Crippen MR) is 51.6 cm³/mol. The van der Waals surface area contributed by atoms with Crippen molar-refractivity contribution in [3.8, 4) is 0 Å². The Bertz CT molecular complexity index is 382. The number of rotatable bonds is 3. The van der Waals surface area contributed by atoms with Crippen LogP contribution in [-0.4, -0.2) is 22.0 Å². The lowest BCUT2D eigenvalue weighted by atomic mass is 10.5. The van der Waals surface area contributed by atoms with E-state index in [2.05, 4.69) is 9.97 Å². The number of nitrogens with zero attached hydrogens (tertiary/aromatic N) is 1. The maximum Gasteiger partial charge on any atom is 0.325 e. The van der Waals surface area contributed by atoms with E-state index in [1.165, 1.54) is 11.1 Å². The second kappa shape index (κ2) is 4.34. The highest BCUT2D eigenvalue weighted by Gasteiger charge is 2.07. The molecule has 1 heterocycles. The first-order valence-corrected chi connectivity index (χ1v) is 4.45. The average Bonchev–Trinajstić information content (AvgIpc) is 2.10. The molecule has 1 aromatic heterocycles. The summed E-state index contributed by atoms with van der Waals surface area (Å²) >= 11 is 11.0. The maximum absolute atomic E-state index is 11.2. The Hall–Kier alpha value is -0.940.